The predicted octanol–water partition coefficient (Wildman–Crippen LogP) is 7.80. The number of hydrogen-bond donors (Lipinski definition) is 0. The summed E-state index contributed by atoms with van der Waals surface area (Å²) in [6.07, 6.45) is 3.73. The fourth-order valence-electron chi connectivity index (χ4n) is 6.20. The molecular weight excluding hydrogens is 755 g/mol. The van der Waals surface area contributed by atoms with Crippen molar-refractivity contribution in [1.29, 1.82) is 0 Å². The SMILES string of the molecule is Cc1cc(-c2[c-]cc3c4c2Oc2ccccc2B4c2ccccc2O3)ncc1-c1ccccc1.[Ir].[c-]1ccccc1-c1ccccn1. The smallest absolute Gasteiger partial charge is 0.239 e. The van der Waals surface area contributed by atoms with Gasteiger partial charge in [0.15, 0.2) is 0 Å². The zero-order chi connectivity index (χ0) is 30.9. The Morgan fingerprint density at radius 2 is 1.34 bits per heavy atom. The van der Waals surface area contributed by atoms with Crippen LogP contribution in [0.3, 0.4) is 0 Å². The van der Waals surface area contributed by atoms with Crippen molar-refractivity contribution in [3.8, 4) is 56.6 Å². The number of fused-ring (bicyclic) bond motifs is 4. The minimum atomic E-state index is 0. The van der Waals surface area contributed by atoms with E-state index < -0.39 is 0 Å². The van der Waals surface area contributed by atoms with E-state index in [4.69, 9.17) is 14.5 Å². The Balaban J connectivity index is 0.000000228. The maximum Gasteiger partial charge on any atom is 0.239 e. The maximum absolute atomic E-state index is 6.53. The molecule has 2 aliphatic heterocycles. The number of para-hydroxylation sites is 2. The Kier molecular flexibility index (Phi) is 8.54. The summed E-state index contributed by atoms with van der Waals surface area (Å²) in [7, 11) is 0. The van der Waals surface area contributed by atoms with Gasteiger partial charge in [0.1, 0.15) is 11.5 Å². The summed E-state index contributed by atoms with van der Waals surface area (Å²) in [5.41, 5.74) is 10.5. The van der Waals surface area contributed by atoms with Gasteiger partial charge in [0.05, 0.1) is 0 Å². The molecular formula is C41H27BIrN2O2-2. The molecule has 2 aliphatic rings. The van der Waals surface area contributed by atoms with Gasteiger partial charge < -0.3 is 19.4 Å². The monoisotopic (exact) mass is 783 g/mol. The Bertz CT molecular complexity index is 2130. The Hall–Kier alpha value is -5.29. The molecule has 7 aromatic rings. The van der Waals surface area contributed by atoms with Crippen LogP contribution in [0.2, 0.25) is 0 Å². The van der Waals surface area contributed by atoms with Gasteiger partial charge >= 0.3 is 0 Å². The van der Waals surface area contributed by atoms with Gasteiger partial charge in [-0.15, -0.1) is 48.0 Å². The largest absolute Gasteiger partial charge is 0.503 e. The summed E-state index contributed by atoms with van der Waals surface area (Å²) < 4.78 is 12.8. The number of aryl methyl sites for hydroxylation is 1. The molecule has 0 atom stereocenters. The van der Waals surface area contributed by atoms with Crippen LogP contribution in [0.1, 0.15) is 5.56 Å². The van der Waals surface area contributed by atoms with Crippen LogP contribution in [-0.2, 0) is 20.1 Å². The Morgan fingerprint density at radius 1 is 0.638 bits per heavy atom. The van der Waals surface area contributed by atoms with E-state index in [1.807, 2.05) is 97.2 Å². The molecule has 6 heteroatoms. The van der Waals surface area contributed by atoms with Crippen LogP contribution in [0.15, 0.2) is 146 Å². The molecule has 0 spiro atoms. The van der Waals surface area contributed by atoms with Gasteiger partial charge in [-0.05, 0) is 58.6 Å². The zero-order valence-electron chi connectivity index (χ0n) is 25.5. The van der Waals surface area contributed by atoms with E-state index in [0.717, 1.165) is 78.6 Å². The number of hydrogen-bond acceptors (Lipinski definition) is 4. The molecule has 0 amide bonds. The van der Waals surface area contributed by atoms with Crippen LogP contribution in [0.25, 0.3) is 33.6 Å². The molecule has 4 heterocycles. The number of benzene rings is 5. The first-order valence-corrected chi connectivity index (χ1v) is 15.3. The quantitative estimate of drug-likeness (QED) is 0.136. The van der Waals surface area contributed by atoms with Crippen LogP contribution in [-0.4, -0.2) is 16.7 Å². The third-order valence-electron chi connectivity index (χ3n) is 8.37. The molecule has 0 fully saturated rings. The molecule has 4 nitrogen and oxygen atoms in total. The van der Waals surface area contributed by atoms with E-state index >= 15 is 0 Å². The third kappa shape index (κ3) is 5.78. The van der Waals surface area contributed by atoms with E-state index in [-0.39, 0.29) is 26.8 Å². The molecule has 0 bridgehead atoms. The molecule has 2 aromatic heterocycles. The van der Waals surface area contributed by atoms with Crippen molar-refractivity contribution in [1.82, 2.24) is 9.97 Å². The molecule has 0 unspecified atom stereocenters. The molecule has 9 rings (SSSR count). The van der Waals surface area contributed by atoms with Gasteiger partial charge in [0, 0.05) is 49.6 Å². The normalized spacial score (nSPS) is 11.6. The third-order valence-corrected chi connectivity index (χ3v) is 8.37. The van der Waals surface area contributed by atoms with Crippen molar-refractivity contribution in [3.05, 3.63) is 164 Å². The van der Waals surface area contributed by atoms with Gasteiger partial charge in [0.2, 0.25) is 6.71 Å². The van der Waals surface area contributed by atoms with Crippen molar-refractivity contribution >= 4 is 23.1 Å². The number of nitrogens with zero attached hydrogens (tertiary/aromatic N) is 2. The number of pyridine rings is 2. The van der Waals surface area contributed by atoms with Crippen LogP contribution >= 0.6 is 0 Å². The number of rotatable bonds is 3. The van der Waals surface area contributed by atoms with Crippen molar-refractivity contribution in [2.75, 3.05) is 0 Å². The first-order valence-electron chi connectivity index (χ1n) is 15.3. The van der Waals surface area contributed by atoms with Gasteiger partial charge in [-0.2, -0.15) is 0 Å². The minimum Gasteiger partial charge on any atom is -0.503 e. The van der Waals surface area contributed by atoms with Gasteiger partial charge in [-0.3, -0.25) is 0 Å². The van der Waals surface area contributed by atoms with Crippen molar-refractivity contribution in [2.24, 2.45) is 0 Å². The standard InChI is InChI=1S/C30H19BNO2.C11H8N.Ir/c1-19-17-25(32-18-22(19)20-9-3-2-4-10-20)21-15-16-28-29-30(21)34-27-14-8-6-12-24(27)31(29)23-11-5-7-13-26(23)33-28;1-2-6-10(7-3-1)11-8-4-5-9-12-11;/h2-14,16-18H,1H3;1-6,8-9H;/q2*-1;. The van der Waals surface area contributed by atoms with Crippen molar-refractivity contribution in [3.63, 3.8) is 0 Å². The van der Waals surface area contributed by atoms with Crippen LogP contribution in [0.5, 0.6) is 23.0 Å². The van der Waals surface area contributed by atoms with E-state index in [2.05, 4.69) is 66.5 Å². The predicted molar refractivity (Wildman–Crippen MR) is 185 cm³/mol. The fraction of sp³-hybridized carbons (Fsp3) is 0.0244. The van der Waals surface area contributed by atoms with Crippen molar-refractivity contribution in [2.45, 2.75) is 6.92 Å². The van der Waals surface area contributed by atoms with E-state index in [1.165, 1.54) is 0 Å². The topological polar surface area (TPSA) is 44.2 Å². The van der Waals surface area contributed by atoms with Crippen molar-refractivity contribution < 1.29 is 29.6 Å². The van der Waals surface area contributed by atoms with Gasteiger partial charge in [-0.1, -0.05) is 96.0 Å². The molecule has 5 aromatic carbocycles. The molecule has 47 heavy (non-hydrogen) atoms. The summed E-state index contributed by atoms with van der Waals surface area (Å²) >= 11 is 0. The van der Waals surface area contributed by atoms with Gasteiger partial charge in [-0.25, -0.2) is 0 Å². The van der Waals surface area contributed by atoms with E-state index in [0.29, 0.717) is 0 Å². The molecule has 0 saturated heterocycles. The molecule has 0 N–H and O–H groups in total. The van der Waals surface area contributed by atoms with Gasteiger partial charge in [0.25, 0.3) is 0 Å². The van der Waals surface area contributed by atoms with Crippen LogP contribution < -0.4 is 25.9 Å². The Morgan fingerprint density at radius 3 is 2.04 bits per heavy atom. The zero-order valence-corrected chi connectivity index (χ0v) is 27.9. The molecule has 0 aliphatic carbocycles. The van der Waals surface area contributed by atoms with Crippen LogP contribution in [0.4, 0.5) is 0 Å². The first kappa shape index (κ1) is 30.4. The molecule has 227 valence electrons. The number of ether oxygens (including phenoxy) is 2. The summed E-state index contributed by atoms with van der Waals surface area (Å²) in [5, 5.41) is 0. The molecule has 1 radical (unpaired) electrons. The van der Waals surface area contributed by atoms with E-state index in [9.17, 15) is 0 Å². The first-order chi connectivity index (χ1) is 22.7. The summed E-state index contributed by atoms with van der Waals surface area (Å²) in [6.45, 7) is 2.16. The second kappa shape index (κ2) is 13.2. The maximum atomic E-state index is 6.53. The second-order valence-electron chi connectivity index (χ2n) is 11.2. The minimum absolute atomic E-state index is 0. The average molecular weight is 783 g/mol. The van der Waals surface area contributed by atoms with Crippen LogP contribution in [0, 0.1) is 19.1 Å². The fourth-order valence-corrected chi connectivity index (χ4v) is 6.20. The average Bonchev–Trinajstić information content (AvgIpc) is 3.13. The Labute approximate surface area is 288 Å². The molecule has 0 saturated carbocycles. The number of aromatic nitrogens is 2. The summed E-state index contributed by atoms with van der Waals surface area (Å²) in [5.74, 6) is 3.30. The second-order valence-corrected chi connectivity index (χ2v) is 11.2. The summed E-state index contributed by atoms with van der Waals surface area (Å²) in [6, 6.07) is 51.1. The van der Waals surface area contributed by atoms with E-state index in [1.54, 1.807) is 6.20 Å². The summed E-state index contributed by atoms with van der Waals surface area (Å²) in [4.78, 5) is 9.06.